The highest BCUT2D eigenvalue weighted by Gasteiger charge is 2.02. The maximum absolute atomic E-state index is 5.12. The van der Waals surface area contributed by atoms with Crippen LogP contribution in [0, 0.1) is 6.92 Å². The second kappa shape index (κ2) is 6.74. The van der Waals surface area contributed by atoms with Gasteiger partial charge in [-0.3, -0.25) is 0 Å². The zero-order valence-corrected chi connectivity index (χ0v) is 12.9. The van der Waals surface area contributed by atoms with Crippen LogP contribution in [0.2, 0.25) is 0 Å². The fraction of sp³-hybridized carbons (Fsp3) is 0.118. The van der Waals surface area contributed by atoms with Crippen LogP contribution in [-0.4, -0.2) is 28.5 Å². The minimum absolute atomic E-state index is 0.376. The number of nitrogens with zero attached hydrogens (tertiary/aromatic N) is 3. The van der Waals surface area contributed by atoms with Crippen molar-refractivity contribution in [1.82, 2.24) is 15.2 Å². The van der Waals surface area contributed by atoms with E-state index in [1.54, 1.807) is 13.3 Å². The van der Waals surface area contributed by atoms with Crippen molar-refractivity contribution >= 4 is 23.8 Å². The number of ether oxygens (including phenoxy) is 1. The molecule has 116 valence electrons. The van der Waals surface area contributed by atoms with Gasteiger partial charge in [-0.05, 0) is 36.8 Å². The number of hydrogen-bond acceptors (Lipinski definition) is 5. The number of aromatic nitrogens is 3. The Kier molecular flexibility index (Phi) is 4.33. The second-order valence-corrected chi connectivity index (χ2v) is 5.01. The molecule has 6 nitrogen and oxygen atoms in total. The quantitative estimate of drug-likeness (QED) is 0.706. The summed E-state index contributed by atoms with van der Waals surface area (Å²) >= 11 is 0. The molecule has 23 heavy (non-hydrogen) atoms. The molecular formula is C17H17N5O. The maximum Gasteiger partial charge on any atom is 0.269 e. The fourth-order valence-electron chi connectivity index (χ4n) is 1.96. The molecule has 0 amide bonds. The van der Waals surface area contributed by atoms with E-state index in [4.69, 9.17) is 4.74 Å². The molecule has 0 aliphatic heterocycles. The summed E-state index contributed by atoms with van der Waals surface area (Å²) in [5.41, 5.74) is 3.10. The van der Waals surface area contributed by atoms with Crippen molar-refractivity contribution in [2.45, 2.75) is 6.92 Å². The zero-order valence-electron chi connectivity index (χ0n) is 12.9. The van der Waals surface area contributed by atoms with Gasteiger partial charge in [0.15, 0.2) is 0 Å². The summed E-state index contributed by atoms with van der Waals surface area (Å²) in [6, 6.07) is 15.6. The van der Waals surface area contributed by atoms with Crippen LogP contribution in [-0.2, 0) is 0 Å². The first kappa shape index (κ1) is 14.8. The molecular weight excluding hydrogens is 290 g/mol. The second-order valence-electron chi connectivity index (χ2n) is 5.01. The summed E-state index contributed by atoms with van der Waals surface area (Å²) in [4.78, 5) is 8.53. The molecule has 6 heteroatoms. The Bertz CT molecular complexity index is 791. The highest BCUT2D eigenvalue weighted by atomic mass is 16.5. The Morgan fingerprint density at radius 2 is 1.83 bits per heavy atom. The molecule has 2 aromatic carbocycles. The Hall–Kier alpha value is -3.15. The minimum Gasteiger partial charge on any atom is -0.497 e. The van der Waals surface area contributed by atoms with Crippen molar-refractivity contribution in [3.05, 3.63) is 59.7 Å². The van der Waals surface area contributed by atoms with Crippen LogP contribution >= 0.6 is 0 Å². The summed E-state index contributed by atoms with van der Waals surface area (Å²) in [6.07, 6.45) is 1.74. The van der Waals surface area contributed by atoms with E-state index in [2.05, 4.69) is 25.5 Å². The van der Waals surface area contributed by atoms with E-state index >= 15 is 0 Å². The van der Waals surface area contributed by atoms with Gasteiger partial charge in [0, 0.05) is 11.9 Å². The molecule has 0 bridgehead atoms. The molecule has 0 aliphatic carbocycles. The molecule has 2 N–H and O–H groups in total. The van der Waals surface area contributed by atoms with Gasteiger partial charge in [-0.15, -0.1) is 5.10 Å². The molecule has 0 fully saturated rings. The number of anilines is 2. The van der Waals surface area contributed by atoms with Crippen molar-refractivity contribution < 1.29 is 4.74 Å². The Balaban J connectivity index is 1.66. The van der Waals surface area contributed by atoms with Crippen molar-refractivity contribution in [2.75, 3.05) is 12.4 Å². The average molecular weight is 307 g/mol. The van der Waals surface area contributed by atoms with Gasteiger partial charge < -0.3 is 10.1 Å². The average Bonchev–Trinajstić information content (AvgIpc) is 3.02. The first-order chi connectivity index (χ1) is 11.2. The van der Waals surface area contributed by atoms with Crippen LogP contribution in [0.5, 0.6) is 5.75 Å². The van der Waals surface area contributed by atoms with Gasteiger partial charge in [0.25, 0.3) is 5.95 Å². The highest BCUT2D eigenvalue weighted by molar-refractivity contribution is 5.81. The van der Waals surface area contributed by atoms with Crippen molar-refractivity contribution in [3.63, 3.8) is 0 Å². The number of aliphatic imine (C=N–C) groups is 1. The predicted molar refractivity (Wildman–Crippen MR) is 91.1 cm³/mol. The van der Waals surface area contributed by atoms with Crippen molar-refractivity contribution in [1.29, 1.82) is 0 Å². The van der Waals surface area contributed by atoms with E-state index in [0.29, 0.717) is 11.9 Å². The third kappa shape index (κ3) is 3.94. The van der Waals surface area contributed by atoms with Gasteiger partial charge >= 0.3 is 0 Å². The van der Waals surface area contributed by atoms with Crippen LogP contribution in [0.15, 0.2) is 53.5 Å². The summed E-state index contributed by atoms with van der Waals surface area (Å²) in [5.74, 6) is 1.71. The van der Waals surface area contributed by atoms with Crippen LogP contribution < -0.4 is 10.1 Å². The lowest BCUT2D eigenvalue weighted by Gasteiger charge is -2.03. The summed E-state index contributed by atoms with van der Waals surface area (Å²) in [6.45, 7) is 2.05. The summed E-state index contributed by atoms with van der Waals surface area (Å²) in [7, 11) is 1.64. The van der Waals surface area contributed by atoms with E-state index in [1.807, 2.05) is 55.5 Å². The molecule has 0 spiro atoms. The summed E-state index contributed by atoms with van der Waals surface area (Å²) in [5, 5.41) is 9.99. The van der Waals surface area contributed by atoms with E-state index in [-0.39, 0.29) is 0 Å². The number of rotatable bonds is 5. The third-order valence-electron chi connectivity index (χ3n) is 3.23. The SMILES string of the molecule is COc1ccc(Nc2nc(/N=C/c3ccc(C)cc3)n[nH]2)cc1. The molecule has 0 atom stereocenters. The van der Waals surface area contributed by atoms with Crippen LogP contribution in [0.3, 0.4) is 0 Å². The fourth-order valence-corrected chi connectivity index (χ4v) is 1.96. The normalized spacial score (nSPS) is 10.9. The van der Waals surface area contributed by atoms with E-state index in [0.717, 1.165) is 17.0 Å². The predicted octanol–water partition coefficient (Wildman–Crippen LogP) is 3.62. The first-order valence-corrected chi connectivity index (χ1v) is 7.17. The highest BCUT2D eigenvalue weighted by Crippen LogP contribution is 2.18. The molecule has 0 saturated heterocycles. The van der Waals surface area contributed by atoms with Crippen molar-refractivity contribution in [2.24, 2.45) is 4.99 Å². The monoisotopic (exact) mass is 307 g/mol. The van der Waals surface area contributed by atoms with Gasteiger partial charge in [0.1, 0.15) is 5.75 Å². The van der Waals surface area contributed by atoms with Crippen molar-refractivity contribution in [3.8, 4) is 5.75 Å². The van der Waals surface area contributed by atoms with E-state index < -0.39 is 0 Å². The number of methoxy groups -OCH3 is 1. The molecule has 0 aliphatic rings. The Morgan fingerprint density at radius 3 is 2.52 bits per heavy atom. The molecule has 0 saturated carbocycles. The first-order valence-electron chi connectivity index (χ1n) is 7.17. The third-order valence-corrected chi connectivity index (χ3v) is 3.23. The number of aromatic amines is 1. The maximum atomic E-state index is 5.12. The minimum atomic E-state index is 0.376. The molecule has 1 aromatic heterocycles. The van der Waals surface area contributed by atoms with Crippen LogP contribution in [0.1, 0.15) is 11.1 Å². The molecule has 1 heterocycles. The molecule has 3 rings (SSSR count). The Morgan fingerprint density at radius 1 is 1.09 bits per heavy atom. The molecule has 3 aromatic rings. The van der Waals surface area contributed by atoms with E-state index in [9.17, 15) is 0 Å². The van der Waals surface area contributed by atoms with Crippen LogP contribution in [0.4, 0.5) is 17.6 Å². The van der Waals surface area contributed by atoms with Gasteiger partial charge in [-0.2, -0.15) is 4.98 Å². The number of aryl methyl sites for hydroxylation is 1. The number of hydrogen-bond donors (Lipinski definition) is 2. The van der Waals surface area contributed by atoms with Gasteiger partial charge in [-0.25, -0.2) is 10.1 Å². The zero-order chi connectivity index (χ0) is 16.1. The lowest BCUT2D eigenvalue weighted by atomic mass is 10.2. The smallest absolute Gasteiger partial charge is 0.269 e. The van der Waals surface area contributed by atoms with Gasteiger partial charge in [-0.1, -0.05) is 29.8 Å². The van der Waals surface area contributed by atoms with Gasteiger partial charge in [0.2, 0.25) is 5.95 Å². The van der Waals surface area contributed by atoms with Crippen LogP contribution in [0.25, 0.3) is 0 Å². The lowest BCUT2D eigenvalue weighted by Crippen LogP contribution is -1.92. The molecule has 0 unspecified atom stereocenters. The van der Waals surface area contributed by atoms with E-state index in [1.165, 1.54) is 5.56 Å². The number of nitrogens with one attached hydrogen (secondary N) is 2. The Labute approximate surface area is 134 Å². The van der Waals surface area contributed by atoms with Gasteiger partial charge in [0.05, 0.1) is 7.11 Å². The number of benzene rings is 2. The lowest BCUT2D eigenvalue weighted by molar-refractivity contribution is 0.415. The molecule has 0 radical (unpaired) electrons. The largest absolute Gasteiger partial charge is 0.497 e. The standard InChI is InChI=1S/C17H17N5O/c1-12-3-5-13(6-4-12)11-18-16-20-17(22-21-16)19-14-7-9-15(23-2)10-8-14/h3-11H,1-2H3,(H2,19,20,21,22)/b18-11+. The summed E-state index contributed by atoms with van der Waals surface area (Å²) < 4.78 is 5.12. The topological polar surface area (TPSA) is 75.2 Å². The number of H-pyrrole nitrogens is 1.